The van der Waals surface area contributed by atoms with E-state index in [1.165, 1.54) is 0 Å². The molecule has 2 nitrogen and oxygen atoms in total. The Bertz CT molecular complexity index is 622. The Morgan fingerprint density at radius 3 is 2.50 bits per heavy atom. The Morgan fingerprint density at radius 1 is 1.00 bits per heavy atom. The lowest BCUT2D eigenvalue weighted by Crippen LogP contribution is -1.96. The van der Waals surface area contributed by atoms with Gasteiger partial charge in [-0.2, -0.15) is 0 Å². The molecule has 0 N–H and O–H groups in total. The summed E-state index contributed by atoms with van der Waals surface area (Å²) in [4.78, 5) is 0.491. The zero-order valence-corrected chi connectivity index (χ0v) is 8.21. The predicted molar refractivity (Wildman–Crippen MR) is 54.8 cm³/mol. The van der Waals surface area contributed by atoms with E-state index in [0.29, 0.717) is 4.90 Å². The van der Waals surface area contributed by atoms with Crippen molar-refractivity contribution < 1.29 is 8.42 Å². The first kappa shape index (κ1) is 8.00. The van der Waals surface area contributed by atoms with E-state index in [0.717, 1.165) is 16.3 Å². The van der Waals surface area contributed by atoms with Gasteiger partial charge in [-0.25, -0.2) is 8.42 Å². The lowest BCUT2D eigenvalue weighted by molar-refractivity contribution is 0.598. The molecule has 14 heavy (non-hydrogen) atoms. The quantitative estimate of drug-likeness (QED) is 0.658. The second-order valence-electron chi connectivity index (χ2n) is 3.53. The number of hydrogen-bond donors (Lipinski definition) is 0. The second-order valence-corrected chi connectivity index (χ2v) is 5.49. The molecule has 0 saturated carbocycles. The third-order valence-electron chi connectivity index (χ3n) is 2.63. The number of sulfone groups is 1. The molecule has 1 heterocycles. The van der Waals surface area contributed by atoms with Crippen molar-refractivity contribution in [3.05, 3.63) is 42.0 Å². The maximum atomic E-state index is 11.7. The molecule has 0 radical (unpaired) electrons. The van der Waals surface area contributed by atoms with Gasteiger partial charge in [-0.1, -0.05) is 30.3 Å². The van der Waals surface area contributed by atoms with Crippen LogP contribution in [-0.2, 0) is 15.6 Å². The van der Waals surface area contributed by atoms with Crippen LogP contribution in [0.3, 0.4) is 0 Å². The highest BCUT2D eigenvalue weighted by molar-refractivity contribution is 7.91. The Labute approximate surface area is 82.1 Å². The summed E-state index contributed by atoms with van der Waals surface area (Å²) in [5.74, 6) is 0.156. The molecular weight excluding hydrogens is 196 g/mol. The van der Waals surface area contributed by atoms with E-state index in [-0.39, 0.29) is 5.75 Å². The molecule has 0 atom stereocenters. The third kappa shape index (κ3) is 0.876. The van der Waals surface area contributed by atoms with Gasteiger partial charge in [0.15, 0.2) is 9.84 Å². The van der Waals surface area contributed by atoms with Crippen LogP contribution in [0.15, 0.2) is 41.3 Å². The first-order valence-corrected chi connectivity index (χ1v) is 6.07. The van der Waals surface area contributed by atoms with Gasteiger partial charge in [0.05, 0.1) is 10.6 Å². The highest BCUT2D eigenvalue weighted by atomic mass is 32.2. The van der Waals surface area contributed by atoms with Crippen LogP contribution >= 0.6 is 0 Å². The first-order valence-electron chi connectivity index (χ1n) is 4.42. The Morgan fingerprint density at radius 2 is 1.71 bits per heavy atom. The molecule has 2 aromatic carbocycles. The number of rotatable bonds is 0. The van der Waals surface area contributed by atoms with Gasteiger partial charge < -0.3 is 0 Å². The van der Waals surface area contributed by atoms with Crippen molar-refractivity contribution in [2.75, 3.05) is 0 Å². The summed E-state index contributed by atoms with van der Waals surface area (Å²) in [5.41, 5.74) is 0.929. The van der Waals surface area contributed by atoms with Gasteiger partial charge in [0.2, 0.25) is 0 Å². The molecular formula is C11H8O2S. The van der Waals surface area contributed by atoms with E-state index in [1.54, 1.807) is 12.1 Å². The van der Waals surface area contributed by atoms with Crippen molar-refractivity contribution >= 4 is 20.6 Å². The standard InChI is InChI=1S/C11H8O2S/c12-14(13)7-9-5-1-3-8-4-2-6-10(14)11(8)9/h1-6H,7H2. The molecule has 1 aliphatic heterocycles. The summed E-state index contributed by atoms with van der Waals surface area (Å²) in [5, 5.41) is 1.93. The number of benzene rings is 2. The molecule has 3 rings (SSSR count). The van der Waals surface area contributed by atoms with Crippen molar-refractivity contribution in [2.45, 2.75) is 10.6 Å². The predicted octanol–water partition coefficient (Wildman–Crippen LogP) is 2.13. The minimum atomic E-state index is -3.06. The molecule has 3 heteroatoms. The van der Waals surface area contributed by atoms with E-state index in [9.17, 15) is 8.42 Å². The van der Waals surface area contributed by atoms with Gasteiger partial charge in [0.1, 0.15) is 0 Å². The van der Waals surface area contributed by atoms with Crippen LogP contribution in [0, 0.1) is 0 Å². The fourth-order valence-corrected chi connectivity index (χ4v) is 3.70. The van der Waals surface area contributed by atoms with Crippen molar-refractivity contribution in [3.63, 3.8) is 0 Å². The summed E-state index contributed by atoms with van der Waals surface area (Å²) < 4.78 is 23.5. The van der Waals surface area contributed by atoms with Gasteiger partial charge >= 0.3 is 0 Å². The minimum Gasteiger partial charge on any atom is -0.223 e. The largest absolute Gasteiger partial charge is 0.223 e. The molecule has 0 unspecified atom stereocenters. The van der Waals surface area contributed by atoms with Crippen molar-refractivity contribution in [3.8, 4) is 0 Å². The summed E-state index contributed by atoms with van der Waals surface area (Å²) >= 11 is 0. The molecule has 0 aliphatic carbocycles. The maximum Gasteiger partial charge on any atom is 0.183 e. The normalized spacial score (nSPS) is 17.4. The second kappa shape index (κ2) is 2.36. The molecule has 0 fully saturated rings. The Hall–Kier alpha value is -1.35. The smallest absolute Gasteiger partial charge is 0.183 e. The summed E-state index contributed by atoms with van der Waals surface area (Å²) in [6.45, 7) is 0. The molecule has 0 saturated heterocycles. The summed E-state index contributed by atoms with van der Waals surface area (Å²) in [6.07, 6.45) is 0. The Balaban J connectivity index is 2.63. The zero-order valence-electron chi connectivity index (χ0n) is 7.40. The van der Waals surface area contributed by atoms with Crippen LogP contribution in [0.25, 0.3) is 10.8 Å². The van der Waals surface area contributed by atoms with E-state index < -0.39 is 9.84 Å². The van der Waals surface area contributed by atoms with Gasteiger partial charge in [-0.3, -0.25) is 0 Å². The van der Waals surface area contributed by atoms with Crippen LogP contribution in [0.4, 0.5) is 0 Å². The van der Waals surface area contributed by atoms with E-state index in [4.69, 9.17) is 0 Å². The summed E-state index contributed by atoms with van der Waals surface area (Å²) in [7, 11) is -3.06. The van der Waals surface area contributed by atoms with E-state index in [1.807, 2.05) is 24.3 Å². The fourth-order valence-electron chi connectivity index (χ4n) is 2.04. The Kier molecular flexibility index (Phi) is 1.35. The molecule has 0 aromatic heterocycles. The molecule has 2 aromatic rings. The van der Waals surface area contributed by atoms with Gasteiger partial charge in [0, 0.05) is 5.39 Å². The van der Waals surface area contributed by atoms with Crippen molar-refractivity contribution in [2.24, 2.45) is 0 Å². The molecule has 0 amide bonds. The van der Waals surface area contributed by atoms with Gasteiger partial charge in [0.25, 0.3) is 0 Å². The highest BCUT2D eigenvalue weighted by Gasteiger charge is 2.26. The monoisotopic (exact) mass is 204 g/mol. The van der Waals surface area contributed by atoms with E-state index >= 15 is 0 Å². The maximum absolute atomic E-state index is 11.7. The zero-order chi connectivity index (χ0) is 9.76. The average Bonchev–Trinajstić information content (AvgIpc) is 2.41. The highest BCUT2D eigenvalue weighted by Crippen LogP contribution is 2.35. The van der Waals surface area contributed by atoms with Crippen LogP contribution in [0.2, 0.25) is 0 Å². The van der Waals surface area contributed by atoms with Crippen molar-refractivity contribution in [1.29, 1.82) is 0 Å². The van der Waals surface area contributed by atoms with E-state index in [2.05, 4.69) is 0 Å². The average molecular weight is 204 g/mol. The lowest BCUT2D eigenvalue weighted by Gasteiger charge is -1.98. The topological polar surface area (TPSA) is 34.1 Å². The van der Waals surface area contributed by atoms with Crippen LogP contribution < -0.4 is 0 Å². The molecule has 0 bridgehead atoms. The number of hydrogen-bond acceptors (Lipinski definition) is 2. The molecule has 70 valence electrons. The van der Waals surface area contributed by atoms with Gasteiger partial charge in [-0.15, -0.1) is 0 Å². The van der Waals surface area contributed by atoms with Crippen LogP contribution in [-0.4, -0.2) is 8.42 Å². The van der Waals surface area contributed by atoms with Crippen molar-refractivity contribution in [1.82, 2.24) is 0 Å². The minimum absolute atomic E-state index is 0.156. The molecule has 1 aliphatic rings. The van der Waals surface area contributed by atoms with Crippen LogP contribution in [0.1, 0.15) is 5.56 Å². The SMILES string of the molecule is O=S1(=O)Cc2cccc3cccc1c23. The molecule has 0 spiro atoms. The first-order chi connectivity index (χ1) is 6.68. The van der Waals surface area contributed by atoms with Gasteiger partial charge in [-0.05, 0) is 17.0 Å². The fraction of sp³-hybridized carbons (Fsp3) is 0.0909. The lowest BCUT2D eigenvalue weighted by atomic mass is 10.1. The summed E-state index contributed by atoms with van der Waals surface area (Å²) in [6, 6.07) is 11.2. The van der Waals surface area contributed by atoms with Crippen LogP contribution in [0.5, 0.6) is 0 Å². The third-order valence-corrected chi connectivity index (χ3v) is 4.33.